The second kappa shape index (κ2) is 10.7. The van der Waals surface area contributed by atoms with E-state index in [9.17, 15) is 14.4 Å². The van der Waals surface area contributed by atoms with E-state index in [4.69, 9.17) is 21.1 Å². The summed E-state index contributed by atoms with van der Waals surface area (Å²) in [6.45, 7) is 2.07. The Balaban J connectivity index is 1.57. The molecule has 1 fully saturated rings. The van der Waals surface area contributed by atoms with Gasteiger partial charge in [0.25, 0.3) is 11.1 Å². The average molecular weight is 573 g/mol. The Hall–Kier alpha value is -3.07. The molecule has 4 rings (SSSR count). The maximum absolute atomic E-state index is 12.9. The van der Waals surface area contributed by atoms with Crippen LogP contribution < -0.4 is 9.47 Å². The number of nitrogens with zero attached hydrogens (tertiary/aromatic N) is 1. The third-order valence-corrected chi connectivity index (χ3v) is 7.15. The normalized spacial score (nSPS) is 14.5. The fraction of sp³-hybridized carbons (Fsp3) is 0.115. The first-order chi connectivity index (χ1) is 16.8. The van der Waals surface area contributed by atoms with Gasteiger partial charge in [-0.1, -0.05) is 63.4 Å². The summed E-state index contributed by atoms with van der Waals surface area (Å²) in [5.41, 5.74) is 2.73. The number of thioether (sulfide) groups is 1. The van der Waals surface area contributed by atoms with Crippen molar-refractivity contribution in [3.8, 4) is 11.5 Å². The number of methoxy groups -OCH3 is 1. The van der Waals surface area contributed by atoms with Gasteiger partial charge in [0.05, 0.1) is 29.1 Å². The van der Waals surface area contributed by atoms with Gasteiger partial charge in [0.2, 0.25) is 0 Å². The van der Waals surface area contributed by atoms with E-state index in [2.05, 4.69) is 15.9 Å². The molecule has 0 N–H and O–H groups in total. The fourth-order valence-corrected chi connectivity index (χ4v) is 4.85. The van der Waals surface area contributed by atoms with Crippen molar-refractivity contribution in [3.05, 3.63) is 97.3 Å². The monoisotopic (exact) mass is 571 g/mol. The Morgan fingerprint density at radius 1 is 1.11 bits per heavy atom. The van der Waals surface area contributed by atoms with Gasteiger partial charge in [-0.05, 0) is 66.2 Å². The van der Waals surface area contributed by atoms with Crippen molar-refractivity contribution in [3.63, 3.8) is 0 Å². The fourth-order valence-electron chi connectivity index (χ4n) is 3.35. The van der Waals surface area contributed by atoms with Crippen LogP contribution in [0.4, 0.5) is 4.79 Å². The number of hydrogen-bond acceptors (Lipinski definition) is 6. The van der Waals surface area contributed by atoms with Crippen molar-refractivity contribution in [2.75, 3.05) is 7.11 Å². The topological polar surface area (TPSA) is 72.9 Å². The van der Waals surface area contributed by atoms with E-state index < -0.39 is 11.9 Å². The zero-order chi connectivity index (χ0) is 25.1. The summed E-state index contributed by atoms with van der Waals surface area (Å²) in [5, 5.41) is -0.234. The van der Waals surface area contributed by atoms with Crippen LogP contribution in [-0.2, 0) is 11.3 Å². The first kappa shape index (κ1) is 25.0. The van der Waals surface area contributed by atoms with Gasteiger partial charge in [-0.15, -0.1) is 0 Å². The minimum Gasteiger partial charge on any atom is -0.493 e. The Labute approximate surface area is 220 Å². The van der Waals surface area contributed by atoms with Gasteiger partial charge in [0.1, 0.15) is 0 Å². The van der Waals surface area contributed by atoms with Gasteiger partial charge in [-0.2, -0.15) is 0 Å². The number of carbonyl (C=O) groups excluding carboxylic acids is 3. The highest BCUT2D eigenvalue weighted by atomic mass is 79.9. The molecular weight excluding hydrogens is 554 g/mol. The number of rotatable bonds is 6. The molecule has 178 valence electrons. The second-order valence-electron chi connectivity index (χ2n) is 7.65. The molecule has 0 saturated carbocycles. The molecule has 0 aromatic heterocycles. The lowest BCUT2D eigenvalue weighted by Crippen LogP contribution is -2.27. The molecule has 0 unspecified atom stereocenters. The molecule has 0 atom stereocenters. The van der Waals surface area contributed by atoms with Crippen molar-refractivity contribution in [1.29, 1.82) is 0 Å². The number of imide groups is 1. The second-order valence-corrected chi connectivity index (χ2v) is 9.90. The van der Waals surface area contributed by atoms with Crippen LogP contribution in [-0.4, -0.2) is 29.1 Å². The van der Waals surface area contributed by atoms with Crippen LogP contribution in [0.5, 0.6) is 11.5 Å². The number of hydrogen-bond donors (Lipinski definition) is 0. The zero-order valence-electron chi connectivity index (χ0n) is 18.7. The lowest BCUT2D eigenvalue weighted by Gasteiger charge is -2.13. The lowest BCUT2D eigenvalue weighted by atomic mass is 10.1. The number of aryl methyl sites for hydroxylation is 1. The largest absolute Gasteiger partial charge is 0.493 e. The van der Waals surface area contributed by atoms with Crippen molar-refractivity contribution in [2.24, 2.45) is 0 Å². The molecule has 6 nitrogen and oxygen atoms in total. The zero-order valence-corrected chi connectivity index (χ0v) is 21.9. The minimum atomic E-state index is -0.578. The highest BCUT2D eigenvalue weighted by Crippen LogP contribution is 2.39. The first-order valence-electron chi connectivity index (χ1n) is 10.4. The quantitative estimate of drug-likeness (QED) is 0.182. The van der Waals surface area contributed by atoms with Crippen molar-refractivity contribution < 1.29 is 23.9 Å². The number of benzene rings is 3. The van der Waals surface area contributed by atoms with Gasteiger partial charge in [0.15, 0.2) is 11.5 Å². The van der Waals surface area contributed by atoms with Gasteiger partial charge in [-0.3, -0.25) is 14.5 Å². The number of carbonyl (C=O) groups is 3. The van der Waals surface area contributed by atoms with Crippen LogP contribution >= 0.6 is 39.3 Å². The van der Waals surface area contributed by atoms with E-state index in [0.29, 0.717) is 11.1 Å². The summed E-state index contributed by atoms with van der Waals surface area (Å²) in [7, 11) is 1.42. The van der Waals surface area contributed by atoms with E-state index in [1.807, 2.05) is 43.3 Å². The highest BCUT2D eigenvalue weighted by Gasteiger charge is 2.35. The SMILES string of the molecule is COc1cc(/C=C2\SC(=O)N(Cc3ccccc3Br)C2=O)cc(Cl)c1OC(=O)c1ccc(C)cc1. The summed E-state index contributed by atoms with van der Waals surface area (Å²) in [6, 6.07) is 17.5. The summed E-state index contributed by atoms with van der Waals surface area (Å²) < 4.78 is 11.7. The molecule has 3 aromatic carbocycles. The van der Waals surface area contributed by atoms with E-state index in [1.165, 1.54) is 12.0 Å². The van der Waals surface area contributed by atoms with Crippen LogP contribution in [0.2, 0.25) is 5.02 Å². The van der Waals surface area contributed by atoms with E-state index in [-0.39, 0.29) is 33.2 Å². The third kappa shape index (κ3) is 5.61. The predicted molar refractivity (Wildman–Crippen MR) is 140 cm³/mol. The maximum atomic E-state index is 12.9. The van der Waals surface area contributed by atoms with Gasteiger partial charge in [0, 0.05) is 4.47 Å². The summed E-state index contributed by atoms with van der Waals surface area (Å²) in [5.74, 6) is -0.692. The number of ether oxygens (including phenoxy) is 2. The van der Waals surface area contributed by atoms with Gasteiger partial charge >= 0.3 is 5.97 Å². The van der Waals surface area contributed by atoms with E-state index in [1.54, 1.807) is 30.3 Å². The molecule has 0 bridgehead atoms. The van der Waals surface area contributed by atoms with Crippen LogP contribution in [0.3, 0.4) is 0 Å². The average Bonchev–Trinajstić information content (AvgIpc) is 3.09. The summed E-state index contributed by atoms with van der Waals surface area (Å²) >= 11 is 10.7. The van der Waals surface area contributed by atoms with Crippen molar-refractivity contribution >= 4 is 62.5 Å². The molecule has 3 aromatic rings. The van der Waals surface area contributed by atoms with E-state index >= 15 is 0 Å². The summed E-state index contributed by atoms with van der Waals surface area (Å²) in [4.78, 5) is 39.5. The Morgan fingerprint density at radius 3 is 2.51 bits per heavy atom. The molecule has 1 aliphatic rings. The standard InChI is InChI=1S/C26H19BrClNO5S/c1-15-7-9-17(10-8-15)25(31)34-23-20(28)11-16(12-21(23)33-2)13-22-24(30)29(26(32)35-22)14-18-5-3-4-6-19(18)27/h3-13H,14H2,1-2H3/b22-13-. The van der Waals surface area contributed by atoms with E-state index in [0.717, 1.165) is 27.4 Å². The van der Waals surface area contributed by atoms with Crippen molar-refractivity contribution in [2.45, 2.75) is 13.5 Å². The molecule has 9 heteroatoms. The Kier molecular flexibility index (Phi) is 7.64. The van der Waals surface area contributed by atoms with Gasteiger partial charge in [-0.25, -0.2) is 4.79 Å². The van der Waals surface area contributed by atoms with Crippen LogP contribution in [0, 0.1) is 6.92 Å². The molecule has 2 amide bonds. The maximum Gasteiger partial charge on any atom is 0.343 e. The number of halogens is 2. The molecule has 0 radical (unpaired) electrons. The minimum absolute atomic E-state index is 0.0684. The third-order valence-electron chi connectivity index (χ3n) is 5.19. The van der Waals surface area contributed by atoms with Crippen LogP contribution in [0.1, 0.15) is 27.0 Å². The van der Waals surface area contributed by atoms with Gasteiger partial charge < -0.3 is 9.47 Å². The van der Waals surface area contributed by atoms with Crippen LogP contribution in [0.25, 0.3) is 6.08 Å². The molecular formula is C26H19BrClNO5S. The van der Waals surface area contributed by atoms with Crippen molar-refractivity contribution in [1.82, 2.24) is 4.90 Å². The molecule has 0 aliphatic carbocycles. The molecule has 35 heavy (non-hydrogen) atoms. The summed E-state index contributed by atoms with van der Waals surface area (Å²) in [6.07, 6.45) is 1.56. The molecule has 1 aliphatic heterocycles. The highest BCUT2D eigenvalue weighted by molar-refractivity contribution is 9.10. The molecule has 1 heterocycles. The Bertz CT molecular complexity index is 1360. The first-order valence-corrected chi connectivity index (χ1v) is 12.4. The Morgan fingerprint density at radius 2 is 1.83 bits per heavy atom. The number of amides is 2. The molecule has 0 spiro atoms. The lowest BCUT2D eigenvalue weighted by molar-refractivity contribution is -0.123. The number of esters is 1. The molecule has 1 saturated heterocycles. The predicted octanol–water partition coefficient (Wildman–Crippen LogP) is 6.88. The van der Waals surface area contributed by atoms with Crippen LogP contribution in [0.15, 0.2) is 70.0 Å². The smallest absolute Gasteiger partial charge is 0.343 e.